The van der Waals surface area contributed by atoms with Gasteiger partial charge in [0.1, 0.15) is 5.82 Å². The van der Waals surface area contributed by atoms with Gasteiger partial charge in [0.05, 0.1) is 10.8 Å². The minimum absolute atomic E-state index is 0.139. The van der Waals surface area contributed by atoms with Crippen molar-refractivity contribution in [1.82, 2.24) is 5.32 Å². The Balaban J connectivity index is 1.65. The molecule has 1 heterocycles. The molecule has 0 radical (unpaired) electrons. The summed E-state index contributed by atoms with van der Waals surface area (Å²) in [6.07, 6.45) is 0.350. The molecule has 3 aromatic rings. The lowest BCUT2D eigenvalue weighted by Crippen LogP contribution is -2.37. The molecule has 0 fully saturated rings. The number of hydrogen-bond donors (Lipinski definition) is 2. The number of benzene rings is 2. The van der Waals surface area contributed by atoms with Crippen LogP contribution < -0.4 is 11.1 Å². The Hall–Kier alpha value is -2.73. The van der Waals surface area contributed by atoms with Gasteiger partial charge < -0.3 is 11.1 Å². The van der Waals surface area contributed by atoms with Gasteiger partial charge in [-0.2, -0.15) is 0 Å². The fourth-order valence-electron chi connectivity index (χ4n) is 2.58. The zero-order valence-electron chi connectivity index (χ0n) is 13.4. The van der Waals surface area contributed by atoms with Crippen LogP contribution in [0.25, 0.3) is 10.1 Å². The molecule has 0 saturated carbocycles. The highest BCUT2D eigenvalue weighted by Crippen LogP contribution is 2.25. The maximum Gasteiger partial charge on any atom is 0.261 e. The van der Waals surface area contributed by atoms with Gasteiger partial charge in [-0.25, -0.2) is 4.39 Å². The van der Waals surface area contributed by atoms with Gasteiger partial charge >= 0.3 is 0 Å². The molecule has 128 valence electrons. The fraction of sp³-hybridized carbons (Fsp3) is 0.158. The molecule has 0 saturated heterocycles. The van der Waals surface area contributed by atoms with E-state index in [9.17, 15) is 14.0 Å². The van der Waals surface area contributed by atoms with Crippen LogP contribution in [0.3, 0.4) is 0 Å². The number of amides is 2. The summed E-state index contributed by atoms with van der Waals surface area (Å²) >= 11 is 1.40. The Labute approximate surface area is 148 Å². The predicted molar refractivity (Wildman–Crippen MR) is 96.9 cm³/mol. The Kier molecular flexibility index (Phi) is 5.09. The third-order valence-electron chi connectivity index (χ3n) is 3.96. The van der Waals surface area contributed by atoms with E-state index in [1.165, 1.54) is 23.5 Å². The van der Waals surface area contributed by atoms with Gasteiger partial charge in [-0.1, -0.05) is 30.3 Å². The van der Waals surface area contributed by atoms with Crippen LogP contribution in [-0.2, 0) is 11.2 Å². The highest BCUT2D eigenvalue weighted by Gasteiger charge is 2.18. The van der Waals surface area contributed by atoms with Gasteiger partial charge in [0, 0.05) is 11.2 Å². The van der Waals surface area contributed by atoms with Gasteiger partial charge in [-0.05, 0) is 41.6 Å². The van der Waals surface area contributed by atoms with Crippen LogP contribution in [-0.4, -0.2) is 18.4 Å². The topological polar surface area (TPSA) is 72.2 Å². The fourth-order valence-corrected chi connectivity index (χ4v) is 3.55. The van der Waals surface area contributed by atoms with E-state index in [2.05, 4.69) is 5.32 Å². The second-order valence-electron chi connectivity index (χ2n) is 5.79. The number of carbonyl (C=O) groups excluding carboxylic acids is 2. The van der Waals surface area contributed by atoms with Crippen molar-refractivity contribution in [3.63, 3.8) is 0 Å². The number of fused-ring (bicyclic) bond motifs is 1. The summed E-state index contributed by atoms with van der Waals surface area (Å²) in [6, 6.07) is 15.5. The summed E-state index contributed by atoms with van der Waals surface area (Å²) in [6.45, 7) is 0.139. The molecule has 0 bridgehead atoms. The number of primary amides is 1. The zero-order valence-corrected chi connectivity index (χ0v) is 14.2. The summed E-state index contributed by atoms with van der Waals surface area (Å²) in [5.74, 6) is -1.62. The van der Waals surface area contributed by atoms with Crippen LogP contribution in [0.4, 0.5) is 4.39 Å². The van der Waals surface area contributed by atoms with E-state index in [0.29, 0.717) is 11.3 Å². The molecule has 2 amide bonds. The van der Waals surface area contributed by atoms with E-state index in [0.717, 1.165) is 15.6 Å². The lowest BCUT2D eigenvalue weighted by Gasteiger charge is -2.14. The summed E-state index contributed by atoms with van der Waals surface area (Å²) in [5.41, 5.74) is 6.23. The summed E-state index contributed by atoms with van der Waals surface area (Å²) in [5, 5.41) is 3.78. The molecular weight excluding hydrogens is 339 g/mol. The van der Waals surface area contributed by atoms with E-state index in [1.54, 1.807) is 12.1 Å². The Morgan fingerprint density at radius 1 is 1.12 bits per heavy atom. The van der Waals surface area contributed by atoms with Crippen LogP contribution >= 0.6 is 11.3 Å². The standard InChI is InChI=1S/C19H17FN2O2S/c20-15-7-5-12(6-8-15)9-14(18(21)23)11-22-19(24)17-10-13-3-1-2-4-16(13)25-17/h1-8,10,14H,9,11H2,(H2,21,23)(H,22,24). The van der Waals surface area contributed by atoms with Crippen LogP contribution in [0, 0.1) is 11.7 Å². The molecule has 6 heteroatoms. The van der Waals surface area contributed by atoms with Crippen molar-refractivity contribution < 1.29 is 14.0 Å². The van der Waals surface area contributed by atoms with Crippen molar-refractivity contribution in [3.8, 4) is 0 Å². The first-order valence-corrected chi connectivity index (χ1v) is 8.65. The SMILES string of the molecule is NC(=O)C(CNC(=O)c1cc2ccccc2s1)Cc1ccc(F)cc1. The van der Waals surface area contributed by atoms with Crippen LogP contribution in [0.1, 0.15) is 15.2 Å². The molecule has 0 aliphatic heterocycles. The smallest absolute Gasteiger partial charge is 0.261 e. The third-order valence-corrected chi connectivity index (χ3v) is 5.07. The lowest BCUT2D eigenvalue weighted by atomic mass is 9.98. The number of carbonyl (C=O) groups is 2. The molecule has 1 aromatic heterocycles. The quantitative estimate of drug-likeness (QED) is 0.712. The van der Waals surface area contributed by atoms with Crippen molar-refractivity contribution in [1.29, 1.82) is 0 Å². The summed E-state index contributed by atoms with van der Waals surface area (Å²) in [7, 11) is 0. The minimum atomic E-state index is -0.552. The molecule has 0 aliphatic carbocycles. The number of hydrogen-bond acceptors (Lipinski definition) is 3. The second kappa shape index (κ2) is 7.44. The molecule has 0 spiro atoms. The van der Waals surface area contributed by atoms with Crippen LogP contribution in [0.5, 0.6) is 0 Å². The van der Waals surface area contributed by atoms with Gasteiger partial charge in [-0.15, -0.1) is 11.3 Å². The number of thiophene rings is 1. The van der Waals surface area contributed by atoms with E-state index < -0.39 is 11.8 Å². The number of nitrogens with one attached hydrogen (secondary N) is 1. The Bertz CT molecular complexity index is 872. The van der Waals surface area contributed by atoms with Crippen molar-refractivity contribution in [2.45, 2.75) is 6.42 Å². The maximum atomic E-state index is 13.0. The molecule has 4 nitrogen and oxygen atoms in total. The first-order valence-electron chi connectivity index (χ1n) is 7.83. The van der Waals surface area contributed by atoms with E-state index in [4.69, 9.17) is 5.73 Å². The first kappa shape index (κ1) is 17.1. The van der Waals surface area contributed by atoms with Crippen LogP contribution in [0.15, 0.2) is 54.6 Å². The monoisotopic (exact) mass is 356 g/mol. The maximum absolute atomic E-state index is 13.0. The Morgan fingerprint density at radius 2 is 1.84 bits per heavy atom. The molecule has 0 aliphatic rings. The van der Waals surface area contributed by atoms with Gasteiger partial charge in [-0.3, -0.25) is 9.59 Å². The number of halogens is 1. The highest BCUT2D eigenvalue weighted by molar-refractivity contribution is 7.20. The van der Waals surface area contributed by atoms with Crippen molar-refractivity contribution >= 4 is 33.2 Å². The predicted octanol–water partition coefficient (Wildman–Crippen LogP) is 3.11. The summed E-state index contributed by atoms with van der Waals surface area (Å²) < 4.78 is 14.0. The highest BCUT2D eigenvalue weighted by atomic mass is 32.1. The Morgan fingerprint density at radius 3 is 2.52 bits per heavy atom. The molecule has 3 N–H and O–H groups in total. The second-order valence-corrected chi connectivity index (χ2v) is 6.87. The zero-order chi connectivity index (χ0) is 17.8. The molecule has 25 heavy (non-hydrogen) atoms. The average Bonchev–Trinajstić information content (AvgIpc) is 3.04. The average molecular weight is 356 g/mol. The van der Waals surface area contributed by atoms with Crippen molar-refractivity contribution in [3.05, 3.63) is 70.9 Å². The van der Waals surface area contributed by atoms with E-state index >= 15 is 0 Å². The normalized spacial score (nSPS) is 12.0. The molecule has 1 atom stereocenters. The van der Waals surface area contributed by atoms with E-state index in [-0.39, 0.29) is 18.3 Å². The molecule has 1 unspecified atom stereocenters. The van der Waals surface area contributed by atoms with Gasteiger partial charge in [0.15, 0.2) is 0 Å². The molecule has 2 aromatic carbocycles. The van der Waals surface area contributed by atoms with Crippen molar-refractivity contribution in [2.75, 3.05) is 6.54 Å². The largest absolute Gasteiger partial charge is 0.369 e. The third kappa shape index (κ3) is 4.22. The van der Waals surface area contributed by atoms with E-state index in [1.807, 2.05) is 30.3 Å². The molecular formula is C19H17FN2O2S. The number of rotatable bonds is 6. The summed E-state index contributed by atoms with van der Waals surface area (Å²) in [4.78, 5) is 24.6. The number of nitrogens with two attached hydrogens (primary N) is 1. The van der Waals surface area contributed by atoms with Gasteiger partial charge in [0.25, 0.3) is 5.91 Å². The minimum Gasteiger partial charge on any atom is -0.369 e. The van der Waals surface area contributed by atoms with Crippen molar-refractivity contribution in [2.24, 2.45) is 11.7 Å². The van der Waals surface area contributed by atoms with Gasteiger partial charge in [0.2, 0.25) is 5.91 Å². The molecule has 3 rings (SSSR count). The lowest BCUT2D eigenvalue weighted by molar-refractivity contribution is -0.121. The van der Waals surface area contributed by atoms with Crippen LogP contribution in [0.2, 0.25) is 0 Å². The first-order chi connectivity index (χ1) is 12.0.